The number of rotatable bonds is 6. The number of halogens is 1. The first kappa shape index (κ1) is 14.9. The molecule has 0 saturated heterocycles. The van der Waals surface area contributed by atoms with Crippen molar-refractivity contribution in [3.63, 3.8) is 0 Å². The Morgan fingerprint density at radius 3 is 2.45 bits per heavy atom. The van der Waals surface area contributed by atoms with Gasteiger partial charge in [-0.25, -0.2) is 0 Å². The molecule has 20 heavy (non-hydrogen) atoms. The third-order valence-corrected chi connectivity index (χ3v) is 3.74. The molecule has 2 aromatic rings. The van der Waals surface area contributed by atoms with Gasteiger partial charge in [-0.15, -0.1) is 11.6 Å². The van der Waals surface area contributed by atoms with Crippen molar-refractivity contribution in [2.45, 2.75) is 38.6 Å². The quantitative estimate of drug-likeness (QED) is 0.569. The molecule has 0 amide bonds. The van der Waals surface area contributed by atoms with Crippen LogP contribution in [0.4, 0.5) is 0 Å². The number of benzene rings is 1. The van der Waals surface area contributed by atoms with Crippen molar-refractivity contribution in [2.75, 3.05) is 0 Å². The number of alkyl halides is 1. The molecule has 1 heterocycles. The number of pyridine rings is 1. The third kappa shape index (κ3) is 3.31. The molecule has 0 spiro atoms. The van der Waals surface area contributed by atoms with E-state index in [0.717, 1.165) is 37.1 Å². The fourth-order valence-electron chi connectivity index (χ4n) is 2.33. The maximum atomic E-state index is 12.5. The Balaban J connectivity index is 2.45. The number of nitrogens with zero attached hydrogens (tertiary/aromatic N) is 1. The fraction of sp³-hybridized carbons (Fsp3) is 0.353. The van der Waals surface area contributed by atoms with Crippen LogP contribution in [0.25, 0.3) is 11.3 Å². The van der Waals surface area contributed by atoms with Gasteiger partial charge < -0.3 is 4.57 Å². The van der Waals surface area contributed by atoms with Gasteiger partial charge in [0.05, 0.1) is 11.6 Å². The average molecular weight is 290 g/mol. The van der Waals surface area contributed by atoms with E-state index in [1.807, 2.05) is 47.0 Å². The highest BCUT2D eigenvalue weighted by atomic mass is 35.5. The summed E-state index contributed by atoms with van der Waals surface area (Å²) in [5.41, 5.74) is 2.75. The van der Waals surface area contributed by atoms with Crippen molar-refractivity contribution in [2.24, 2.45) is 0 Å². The monoisotopic (exact) mass is 289 g/mol. The molecule has 2 rings (SSSR count). The van der Waals surface area contributed by atoms with E-state index in [4.69, 9.17) is 11.6 Å². The summed E-state index contributed by atoms with van der Waals surface area (Å²) in [5.74, 6) is 0.266. The van der Waals surface area contributed by atoms with Crippen LogP contribution in [0.3, 0.4) is 0 Å². The van der Waals surface area contributed by atoms with Crippen molar-refractivity contribution < 1.29 is 0 Å². The van der Waals surface area contributed by atoms with Crippen LogP contribution in [0.5, 0.6) is 0 Å². The molecule has 2 nitrogen and oxygen atoms in total. The topological polar surface area (TPSA) is 22.0 Å². The van der Waals surface area contributed by atoms with E-state index in [9.17, 15) is 4.79 Å². The van der Waals surface area contributed by atoms with Gasteiger partial charge in [0, 0.05) is 12.1 Å². The lowest BCUT2D eigenvalue weighted by Crippen LogP contribution is -2.24. The highest BCUT2D eigenvalue weighted by molar-refractivity contribution is 6.17. The molecule has 0 radical (unpaired) electrons. The first-order valence-electron chi connectivity index (χ1n) is 7.12. The van der Waals surface area contributed by atoms with E-state index in [1.165, 1.54) is 0 Å². The SMILES string of the molecule is CCCCCn1c(-c2ccccc2)ccc(CCl)c1=O. The van der Waals surface area contributed by atoms with Crippen LogP contribution >= 0.6 is 11.6 Å². The van der Waals surface area contributed by atoms with E-state index in [-0.39, 0.29) is 11.4 Å². The van der Waals surface area contributed by atoms with Crippen LogP contribution in [0.15, 0.2) is 47.3 Å². The molecule has 0 aliphatic carbocycles. The molecule has 0 saturated carbocycles. The second-order valence-electron chi connectivity index (χ2n) is 4.91. The molecule has 0 N–H and O–H groups in total. The summed E-state index contributed by atoms with van der Waals surface area (Å²) in [6, 6.07) is 13.9. The Labute approximate surface area is 125 Å². The van der Waals surface area contributed by atoms with Gasteiger partial charge in [0.2, 0.25) is 0 Å². The predicted octanol–water partition coefficient (Wildman–Crippen LogP) is 4.44. The summed E-state index contributed by atoms with van der Waals surface area (Å²) in [5, 5.41) is 0. The highest BCUT2D eigenvalue weighted by Gasteiger charge is 2.09. The van der Waals surface area contributed by atoms with Crippen LogP contribution in [0.1, 0.15) is 31.7 Å². The van der Waals surface area contributed by atoms with Crippen LogP contribution in [-0.2, 0) is 12.4 Å². The van der Waals surface area contributed by atoms with Crippen LogP contribution in [0, 0.1) is 0 Å². The molecule has 0 atom stereocenters. The third-order valence-electron chi connectivity index (χ3n) is 3.45. The van der Waals surface area contributed by atoms with Crippen LogP contribution in [-0.4, -0.2) is 4.57 Å². The number of hydrogen-bond acceptors (Lipinski definition) is 1. The largest absolute Gasteiger partial charge is 0.308 e. The molecule has 0 aliphatic heterocycles. The summed E-state index contributed by atoms with van der Waals surface area (Å²) >= 11 is 5.85. The lowest BCUT2D eigenvalue weighted by Gasteiger charge is -2.14. The molecule has 0 unspecified atom stereocenters. The average Bonchev–Trinajstić information content (AvgIpc) is 2.50. The highest BCUT2D eigenvalue weighted by Crippen LogP contribution is 2.19. The van der Waals surface area contributed by atoms with E-state index in [1.54, 1.807) is 0 Å². The van der Waals surface area contributed by atoms with Gasteiger partial charge in [-0.2, -0.15) is 0 Å². The van der Waals surface area contributed by atoms with Gasteiger partial charge in [0.25, 0.3) is 5.56 Å². The first-order chi connectivity index (χ1) is 9.77. The van der Waals surface area contributed by atoms with Gasteiger partial charge in [-0.3, -0.25) is 4.79 Å². The maximum Gasteiger partial charge on any atom is 0.255 e. The predicted molar refractivity (Wildman–Crippen MR) is 85.2 cm³/mol. The molecular formula is C17H20ClNO. The zero-order valence-electron chi connectivity index (χ0n) is 11.8. The first-order valence-corrected chi connectivity index (χ1v) is 7.65. The lowest BCUT2D eigenvalue weighted by molar-refractivity contribution is 0.590. The summed E-state index contributed by atoms with van der Waals surface area (Å²) < 4.78 is 1.86. The molecule has 0 bridgehead atoms. The van der Waals surface area contributed by atoms with Gasteiger partial charge in [0.15, 0.2) is 0 Å². The van der Waals surface area contributed by atoms with E-state index >= 15 is 0 Å². The summed E-state index contributed by atoms with van der Waals surface area (Å²) in [4.78, 5) is 12.5. The maximum absolute atomic E-state index is 12.5. The molecule has 106 valence electrons. The molecule has 0 aliphatic rings. The smallest absolute Gasteiger partial charge is 0.255 e. The van der Waals surface area contributed by atoms with Crippen molar-refractivity contribution in [1.29, 1.82) is 0 Å². The number of hydrogen-bond donors (Lipinski definition) is 0. The van der Waals surface area contributed by atoms with Crippen LogP contribution < -0.4 is 5.56 Å². The van der Waals surface area contributed by atoms with Crippen molar-refractivity contribution in [3.8, 4) is 11.3 Å². The summed E-state index contributed by atoms with van der Waals surface area (Å²) in [6.07, 6.45) is 3.29. The summed E-state index contributed by atoms with van der Waals surface area (Å²) in [6.45, 7) is 2.91. The Morgan fingerprint density at radius 2 is 1.80 bits per heavy atom. The number of unbranched alkanes of at least 4 members (excludes halogenated alkanes) is 2. The van der Waals surface area contributed by atoms with Crippen LogP contribution in [0.2, 0.25) is 0 Å². The molecule has 1 aromatic carbocycles. The summed E-state index contributed by atoms with van der Waals surface area (Å²) in [7, 11) is 0. The fourth-order valence-corrected chi connectivity index (χ4v) is 2.53. The Bertz CT molecular complexity index is 604. The standard InChI is InChI=1S/C17H20ClNO/c1-2-3-7-12-19-16(14-8-5-4-6-9-14)11-10-15(13-18)17(19)20/h4-6,8-11H,2-3,7,12-13H2,1H3. The van der Waals surface area contributed by atoms with Gasteiger partial charge >= 0.3 is 0 Å². The zero-order valence-corrected chi connectivity index (χ0v) is 12.6. The van der Waals surface area contributed by atoms with Gasteiger partial charge in [0.1, 0.15) is 0 Å². The van der Waals surface area contributed by atoms with Gasteiger partial charge in [-0.1, -0.05) is 56.2 Å². The Morgan fingerprint density at radius 1 is 1.05 bits per heavy atom. The van der Waals surface area contributed by atoms with Crippen molar-refractivity contribution >= 4 is 11.6 Å². The minimum absolute atomic E-state index is 0.0393. The molecule has 3 heteroatoms. The minimum Gasteiger partial charge on any atom is -0.308 e. The second-order valence-corrected chi connectivity index (χ2v) is 5.17. The lowest BCUT2D eigenvalue weighted by atomic mass is 10.1. The van der Waals surface area contributed by atoms with E-state index in [0.29, 0.717) is 5.56 Å². The normalized spacial score (nSPS) is 10.7. The second kappa shape index (κ2) is 7.30. The zero-order chi connectivity index (χ0) is 14.4. The van der Waals surface area contributed by atoms with E-state index in [2.05, 4.69) is 6.92 Å². The Kier molecular flexibility index (Phi) is 5.42. The van der Waals surface area contributed by atoms with Crippen molar-refractivity contribution in [3.05, 3.63) is 58.4 Å². The minimum atomic E-state index is 0.0393. The Hall–Kier alpha value is -1.54. The van der Waals surface area contributed by atoms with Gasteiger partial charge in [-0.05, 0) is 18.1 Å². The molecule has 1 aromatic heterocycles. The molecule has 0 fully saturated rings. The molecular weight excluding hydrogens is 270 g/mol. The number of aromatic nitrogens is 1. The van der Waals surface area contributed by atoms with Crippen molar-refractivity contribution in [1.82, 2.24) is 4.57 Å². The van der Waals surface area contributed by atoms with E-state index < -0.39 is 0 Å².